The predicted octanol–water partition coefficient (Wildman–Crippen LogP) is 3.70. The zero-order valence-corrected chi connectivity index (χ0v) is 19.3. The van der Waals surface area contributed by atoms with E-state index in [1.165, 1.54) is 10.7 Å². The van der Waals surface area contributed by atoms with E-state index in [0.29, 0.717) is 6.04 Å². The molecule has 0 amide bonds. The Morgan fingerprint density at radius 2 is 2.11 bits per heavy atom. The minimum atomic E-state index is 0. The largest absolute Gasteiger partial charge is 0.369 e. The fraction of sp³-hybridized carbons (Fsp3) is 0.500. The second-order valence-corrected chi connectivity index (χ2v) is 7.45. The molecular formula is C20H30IN5S. The number of thiazole rings is 1. The monoisotopic (exact) mass is 499 g/mol. The molecule has 2 N–H and O–H groups in total. The molecule has 7 heteroatoms. The van der Waals surface area contributed by atoms with E-state index in [4.69, 9.17) is 4.99 Å². The number of nitrogens with one attached hydrogen (secondary N) is 2. The van der Waals surface area contributed by atoms with Gasteiger partial charge in [0.05, 0.1) is 10.7 Å². The normalized spacial score (nSPS) is 16.9. The highest BCUT2D eigenvalue weighted by Crippen LogP contribution is 2.19. The average Bonchev–Trinajstić information content (AvgIpc) is 3.32. The van der Waals surface area contributed by atoms with Crippen molar-refractivity contribution in [1.82, 2.24) is 15.6 Å². The summed E-state index contributed by atoms with van der Waals surface area (Å²) in [5, 5.41) is 10.3. The lowest BCUT2D eigenvalue weighted by Crippen LogP contribution is -2.44. The second-order valence-electron chi connectivity index (χ2n) is 6.51. The van der Waals surface area contributed by atoms with Gasteiger partial charge in [0.2, 0.25) is 0 Å². The topological polar surface area (TPSA) is 52.6 Å². The zero-order valence-electron chi connectivity index (χ0n) is 16.1. The molecule has 1 fully saturated rings. The minimum Gasteiger partial charge on any atom is -0.369 e. The number of hydrogen-bond acceptors (Lipinski definition) is 4. The quantitative estimate of drug-likeness (QED) is 0.347. The number of aliphatic imine (C=N–C) groups is 1. The first kappa shape index (κ1) is 21.9. The lowest BCUT2D eigenvalue weighted by Gasteiger charge is -2.20. The second kappa shape index (κ2) is 11.5. The molecular weight excluding hydrogens is 469 g/mol. The lowest BCUT2D eigenvalue weighted by atomic mass is 10.2. The van der Waals surface area contributed by atoms with Gasteiger partial charge in [0, 0.05) is 49.7 Å². The molecule has 1 aromatic heterocycles. The number of guanidine groups is 1. The zero-order chi connectivity index (χ0) is 18.2. The Bertz CT molecular complexity index is 703. The predicted molar refractivity (Wildman–Crippen MR) is 127 cm³/mol. The van der Waals surface area contributed by atoms with Crippen LogP contribution in [0.4, 0.5) is 5.69 Å². The van der Waals surface area contributed by atoms with Gasteiger partial charge in [-0.15, -0.1) is 35.3 Å². The van der Waals surface area contributed by atoms with E-state index in [1.54, 1.807) is 11.3 Å². The fourth-order valence-electron chi connectivity index (χ4n) is 3.17. The number of benzene rings is 1. The molecule has 0 spiro atoms. The van der Waals surface area contributed by atoms with Crippen molar-refractivity contribution >= 4 is 47.0 Å². The van der Waals surface area contributed by atoms with Gasteiger partial charge in [-0.3, -0.25) is 4.99 Å². The molecule has 2 aromatic rings. The van der Waals surface area contributed by atoms with E-state index in [9.17, 15) is 0 Å². The van der Waals surface area contributed by atoms with Crippen LogP contribution in [-0.2, 0) is 12.8 Å². The molecule has 0 saturated carbocycles. The van der Waals surface area contributed by atoms with Crippen LogP contribution in [0.2, 0.25) is 0 Å². The first-order valence-electron chi connectivity index (χ1n) is 9.56. The van der Waals surface area contributed by atoms with E-state index in [0.717, 1.165) is 57.1 Å². The van der Waals surface area contributed by atoms with Gasteiger partial charge in [-0.2, -0.15) is 0 Å². The summed E-state index contributed by atoms with van der Waals surface area (Å²) in [5.74, 6) is 0.915. The van der Waals surface area contributed by atoms with E-state index in [1.807, 2.05) is 0 Å². The number of aryl methyl sites for hydroxylation is 1. The minimum absolute atomic E-state index is 0. The molecule has 1 saturated heterocycles. The van der Waals surface area contributed by atoms with Crippen LogP contribution in [0.5, 0.6) is 0 Å². The Hall–Kier alpha value is -1.35. The number of para-hydroxylation sites is 1. The molecule has 0 radical (unpaired) electrons. The molecule has 1 atom stereocenters. The van der Waals surface area contributed by atoms with Crippen molar-refractivity contribution in [3.63, 3.8) is 0 Å². The van der Waals surface area contributed by atoms with E-state index < -0.39 is 0 Å². The number of nitrogens with zero attached hydrogens (tertiary/aromatic N) is 3. The van der Waals surface area contributed by atoms with E-state index in [-0.39, 0.29) is 24.0 Å². The highest BCUT2D eigenvalue weighted by atomic mass is 127. The Kier molecular flexibility index (Phi) is 9.33. The van der Waals surface area contributed by atoms with Crippen LogP contribution in [-0.4, -0.2) is 43.2 Å². The number of rotatable bonds is 7. The Morgan fingerprint density at radius 3 is 2.81 bits per heavy atom. The molecule has 2 heterocycles. The van der Waals surface area contributed by atoms with Gasteiger partial charge in [-0.05, 0) is 31.9 Å². The highest BCUT2D eigenvalue weighted by Gasteiger charge is 2.23. The lowest BCUT2D eigenvalue weighted by molar-refractivity contribution is 0.649. The molecule has 0 bridgehead atoms. The van der Waals surface area contributed by atoms with Crippen molar-refractivity contribution in [2.75, 3.05) is 31.1 Å². The first-order valence-corrected chi connectivity index (χ1v) is 10.4. The molecule has 1 aromatic carbocycles. The van der Waals surface area contributed by atoms with Gasteiger partial charge in [0.25, 0.3) is 0 Å². The van der Waals surface area contributed by atoms with Gasteiger partial charge in [0.1, 0.15) is 0 Å². The number of halogens is 1. The van der Waals surface area contributed by atoms with Crippen LogP contribution < -0.4 is 15.5 Å². The van der Waals surface area contributed by atoms with Crippen molar-refractivity contribution in [3.8, 4) is 0 Å². The van der Waals surface area contributed by atoms with Gasteiger partial charge in [-0.25, -0.2) is 4.98 Å². The third kappa shape index (κ3) is 6.64. The van der Waals surface area contributed by atoms with Crippen LogP contribution in [0.3, 0.4) is 0 Å². The molecule has 148 valence electrons. The molecule has 0 aliphatic carbocycles. The SMILES string of the molecule is CCNC(=NCCc1csc(CC)n1)NC1CCN(c2ccccc2)C1.I. The van der Waals surface area contributed by atoms with Gasteiger partial charge in [-0.1, -0.05) is 25.1 Å². The molecule has 3 rings (SSSR count). The van der Waals surface area contributed by atoms with Crippen molar-refractivity contribution < 1.29 is 0 Å². The summed E-state index contributed by atoms with van der Waals surface area (Å²) in [6.45, 7) is 7.99. The maximum Gasteiger partial charge on any atom is 0.191 e. The smallest absolute Gasteiger partial charge is 0.191 e. The number of anilines is 1. The maximum absolute atomic E-state index is 4.75. The first-order chi connectivity index (χ1) is 12.8. The van der Waals surface area contributed by atoms with Crippen LogP contribution in [0.15, 0.2) is 40.7 Å². The van der Waals surface area contributed by atoms with Gasteiger partial charge >= 0.3 is 0 Å². The summed E-state index contributed by atoms with van der Waals surface area (Å²) in [7, 11) is 0. The Balaban J connectivity index is 0.00000261. The number of hydrogen-bond donors (Lipinski definition) is 2. The standard InChI is InChI=1S/C20H29N5S.HI/c1-3-19-23-17(15-26-19)10-12-22-20(21-4-2)24-16-11-13-25(14-16)18-8-6-5-7-9-18;/h5-9,15-16H,3-4,10-14H2,1-2H3,(H2,21,22,24);1H. The average molecular weight is 499 g/mol. The summed E-state index contributed by atoms with van der Waals surface area (Å²) in [6.07, 6.45) is 3.04. The van der Waals surface area contributed by atoms with Gasteiger partial charge in [0.15, 0.2) is 5.96 Å². The van der Waals surface area contributed by atoms with Crippen molar-refractivity contribution in [1.29, 1.82) is 0 Å². The van der Waals surface area contributed by atoms with Gasteiger partial charge < -0.3 is 15.5 Å². The highest BCUT2D eigenvalue weighted by molar-refractivity contribution is 14.0. The van der Waals surface area contributed by atoms with Crippen LogP contribution in [0, 0.1) is 0 Å². The van der Waals surface area contributed by atoms with Crippen molar-refractivity contribution in [2.45, 2.75) is 39.2 Å². The summed E-state index contributed by atoms with van der Waals surface area (Å²) < 4.78 is 0. The maximum atomic E-state index is 4.75. The molecule has 27 heavy (non-hydrogen) atoms. The van der Waals surface area contributed by atoms with Crippen LogP contribution >= 0.6 is 35.3 Å². The molecule has 1 aliphatic rings. The van der Waals surface area contributed by atoms with E-state index >= 15 is 0 Å². The summed E-state index contributed by atoms with van der Waals surface area (Å²) in [6, 6.07) is 11.1. The molecule has 1 aliphatic heterocycles. The Morgan fingerprint density at radius 1 is 1.30 bits per heavy atom. The summed E-state index contributed by atoms with van der Waals surface area (Å²) >= 11 is 1.75. The summed E-state index contributed by atoms with van der Waals surface area (Å²) in [4.78, 5) is 11.8. The van der Waals surface area contributed by atoms with Crippen LogP contribution in [0.25, 0.3) is 0 Å². The third-order valence-corrected chi connectivity index (χ3v) is 5.58. The number of aromatic nitrogens is 1. The van der Waals surface area contributed by atoms with E-state index in [2.05, 4.69) is 70.1 Å². The van der Waals surface area contributed by atoms with Crippen LogP contribution in [0.1, 0.15) is 31.0 Å². The molecule has 5 nitrogen and oxygen atoms in total. The fourth-order valence-corrected chi connectivity index (χ4v) is 3.95. The van der Waals surface area contributed by atoms with Crippen molar-refractivity contribution in [2.24, 2.45) is 4.99 Å². The third-order valence-electron chi connectivity index (χ3n) is 4.53. The Labute approximate surface area is 183 Å². The van der Waals surface area contributed by atoms with Crippen molar-refractivity contribution in [3.05, 3.63) is 46.4 Å². The summed E-state index contributed by atoms with van der Waals surface area (Å²) in [5.41, 5.74) is 2.46. The molecule has 1 unspecified atom stereocenters.